The minimum Gasteiger partial charge on any atom is -0.494 e. The second-order valence-electron chi connectivity index (χ2n) is 4.55. The van der Waals surface area contributed by atoms with E-state index in [-0.39, 0.29) is 18.4 Å². The number of sulfonamides is 1. The number of likely N-dealkylation sites (N-methyl/N-ethyl adjacent to an activating group) is 1. The molecule has 0 aromatic heterocycles. The molecule has 1 unspecified atom stereocenters. The molecule has 7 heteroatoms. The van der Waals surface area contributed by atoms with Crippen molar-refractivity contribution in [3.8, 4) is 5.75 Å². The fourth-order valence-corrected chi connectivity index (χ4v) is 3.76. The summed E-state index contributed by atoms with van der Waals surface area (Å²) in [6, 6.07) is 6.92. The molecule has 1 aliphatic heterocycles. The maximum atomic E-state index is 12.5. The molecule has 1 heterocycles. The van der Waals surface area contributed by atoms with Crippen LogP contribution in [0.4, 0.5) is 0 Å². The van der Waals surface area contributed by atoms with E-state index < -0.39 is 10.0 Å². The van der Waals surface area contributed by atoms with Crippen LogP contribution < -0.4 is 10.1 Å². The molecule has 0 bridgehead atoms. The van der Waals surface area contributed by atoms with Crippen LogP contribution in [0.15, 0.2) is 29.2 Å². The Balaban J connectivity index is 0.00000200. The van der Waals surface area contributed by atoms with Gasteiger partial charge in [-0.15, -0.1) is 12.4 Å². The van der Waals surface area contributed by atoms with E-state index in [4.69, 9.17) is 4.74 Å². The largest absolute Gasteiger partial charge is 0.494 e. The van der Waals surface area contributed by atoms with Crippen LogP contribution in [-0.4, -0.2) is 45.5 Å². The molecule has 1 atom stereocenters. The van der Waals surface area contributed by atoms with Crippen LogP contribution in [0.5, 0.6) is 5.75 Å². The summed E-state index contributed by atoms with van der Waals surface area (Å²) < 4.78 is 31.9. The molecule has 2 rings (SSSR count). The zero-order chi connectivity index (χ0) is 13.9. The van der Waals surface area contributed by atoms with Crippen molar-refractivity contribution in [3.63, 3.8) is 0 Å². The lowest BCUT2D eigenvalue weighted by atomic mass is 10.3. The van der Waals surface area contributed by atoms with Gasteiger partial charge in [0.1, 0.15) is 5.75 Å². The molecule has 20 heavy (non-hydrogen) atoms. The molecule has 0 radical (unpaired) electrons. The van der Waals surface area contributed by atoms with Gasteiger partial charge in [-0.05, 0) is 32.5 Å². The van der Waals surface area contributed by atoms with Crippen molar-refractivity contribution in [2.45, 2.75) is 24.3 Å². The highest BCUT2D eigenvalue weighted by Crippen LogP contribution is 2.24. The molecule has 5 nitrogen and oxygen atoms in total. The highest BCUT2D eigenvalue weighted by Gasteiger charge is 2.31. The maximum absolute atomic E-state index is 12.5. The van der Waals surface area contributed by atoms with Crippen LogP contribution in [0, 0.1) is 0 Å². The fourth-order valence-electron chi connectivity index (χ4n) is 2.22. The molecule has 0 aliphatic carbocycles. The van der Waals surface area contributed by atoms with Crippen LogP contribution in [0.25, 0.3) is 0 Å². The molecule has 1 aromatic rings. The van der Waals surface area contributed by atoms with Crippen LogP contribution in [0.3, 0.4) is 0 Å². The average Bonchev–Trinajstić information content (AvgIpc) is 2.89. The first-order chi connectivity index (χ1) is 9.07. The molecule has 1 fully saturated rings. The molecule has 1 saturated heterocycles. The molecule has 114 valence electrons. The van der Waals surface area contributed by atoms with E-state index in [1.165, 1.54) is 4.31 Å². The number of halogens is 1. The quantitative estimate of drug-likeness (QED) is 0.893. The summed E-state index contributed by atoms with van der Waals surface area (Å²) in [5, 5.41) is 3.12. The average molecular weight is 321 g/mol. The monoisotopic (exact) mass is 320 g/mol. The highest BCUT2D eigenvalue weighted by atomic mass is 35.5. The topological polar surface area (TPSA) is 58.6 Å². The van der Waals surface area contributed by atoms with Gasteiger partial charge in [-0.3, -0.25) is 0 Å². The highest BCUT2D eigenvalue weighted by molar-refractivity contribution is 7.89. The maximum Gasteiger partial charge on any atom is 0.243 e. The first-order valence-corrected chi connectivity index (χ1v) is 7.92. The van der Waals surface area contributed by atoms with E-state index in [1.807, 2.05) is 14.0 Å². The van der Waals surface area contributed by atoms with E-state index in [1.54, 1.807) is 24.3 Å². The van der Waals surface area contributed by atoms with Crippen molar-refractivity contribution >= 4 is 22.4 Å². The van der Waals surface area contributed by atoms with Crippen molar-refractivity contribution in [2.75, 3.05) is 26.7 Å². The zero-order valence-electron chi connectivity index (χ0n) is 11.7. The van der Waals surface area contributed by atoms with Crippen LogP contribution >= 0.6 is 12.4 Å². The van der Waals surface area contributed by atoms with E-state index in [2.05, 4.69) is 5.32 Å². The summed E-state index contributed by atoms with van der Waals surface area (Å²) in [5.74, 6) is 0.591. The first kappa shape index (κ1) is 17.2. The SMILES string of the molecule is CCOc1cccc(S(=O)(=O)N2CCC(NC)C2)c1.Cl. The van der Waals surface area contributed by atoms with E-state index in [0.717, 1.165) is 6.42 Å². The summed E-state index contributed by atoms with van der Waals surface area (Å²) >= 11 is 0. The van der Waals surface area contributed by atoms with Gasteiger partial charge in [-0.25, -0.2) is 8.42 Å². The van der Waals surface area contributed by atoms with E-state index >= 15 is 0 Å². The van der Waals surface area contributed by atoms with Crippen LogP contribution in [0.1, 0.15) is 13.3 Å². The standard InChI is InChI=1S/C13H20N2O3S.ClH/c1-3-18-12-5-4-6-13(9-12)19(16,17)15-8-7-11(10-15)14-2;/h4-6,9,11,14H,3,7-8,10H2,1-2H3;1H. The van der Waals surface area contributed by atoms with Gasteiger partial charge in [0.2, 0.25) is 10.0 Å². The number of hydrogen-bond acceptors (Lipinski definition) is 4. The normalized spacial score (nSPS) is 19.6. The summed E-state index contributed by atoms with van der Waals surface area (Å²) in [5.41, 5.74) is 0. The van der Waals surface area contributed by atoms with Gasteiger partial charge < -0.3 is 10.1 Å². The Labute approximate surface area is 126 Å². The van der Waals surface area contributed by atoms with Gasteiger partial charge in [0.05, 0.1) is 11.5 Å². The minimum atomic E-state index is -3.41. The van der Waals surface area contributed by atoms with Crippen molar-refractivity contribution in [2.24, 2.45) is 0 Å². The smallest absolute Gasteiger partial charge is 0.243 e. The Morgan fingerprint density at radius 1 is 1.45 bits per heavy atom. The Morgan fingerprint density at radius 3 is 2.80 bits per heavy atom. The zero-order valence-corrected chi connectivity index (χ0v) is 13.3. The first-order valence-electron chi connectivity index (χ1n) is 6.48. The van der Waals surface area contributed by atoms with E-state index in [0.29, 0.717) is 30.3 Å². The van der Waals surface area contributed by atoms with Crippen LogP contribution in [-0.2, 0) is 10.0 Å². The van der Waals surface area contributed by atoms with Crippen molar-refractivity contribution in [1.82, 2.24) is 9.62 Å². The molecule has 0 spiro atoms. The van der Waals surface area contributed by atoms with Gasteiger partial charge in [0.25, 0.3) is 0 Å². The molecule has 0 saturated carbocycles. The third-order valence-electron chi connectivity index (χ3n) is 3.31. The second-order valence-corrected chi connectivity index (χ2v) is 6.48. The lowest BCUT2D eigenvalue weighted by molar-refractivity contribution is 0.339. The van der Waals surface area contributed by atoms with Gasteiger partial charge in [-0.1, -0.05) is 6.07 Å². The van der Waals surface area contributed by atoms with Crippen molar-refractivity contribution in [3.05, 3.63) is 24.3 Å². The molecule has 0 amide bonds. The number of benzene rings is 1. The predicted molar refractivity (Wildman–Crippen MR) is 81.1 cm³/mol. The van der Waals surface area contributed by atoms with E-state index in [9.17, 15) is 8.42 Å². The third-order valence-corrected chi connectivity index (χ3v) is 5.17. The molecule has 1 N–H and O–H groups in total. The Kier molecular flexibility index (Phi) is 6.26. The Morgan fingerprint density at radius 2 is 2.20 bits per heavy atom. The lowest BCUT2D eigenvalue weighted by Gasteiger charge is -2.17. The lowest BCUT2D eigenvalue weighted by Crippen LogP contribution is -2.33. The molecule has 1 aliphatic rings. The Bertz CT molecular complexity index is 536. The second kappa shape index (κ2) is 7.26. The summed E-state index contributed by atoms with van der Waals surface area (Å²) in [7, 11) is -1.55. The third kappa shape index (κ3) is 3.63. The number of hydrogen-bond donors (Lipinski definition) is 1. The van der Waals surface area contributed by atoms with Gasteiger partial charge in [0, 0.05) is 25.2 Å². The molecule has 1 aromatic carbocycles. The molecular formula is C13H21ClN2O3S. The fraction of sp³-hybridized carbons (Fsp3) is 0.538. The van der Waals surface area contributed by atoms with Gasteiger partial charge >= 0.3 is 0 Å². The number of ether oxygens (including phenoxy) is 1. The number of nitrogens with one attached hydrogen (secondary N) is 1. The van der Waals surface area contributed by atoms with Gasteiger partial charge in [-0.2, -0.15) is 4.31 Å². The molecular weight excluding hydrogens is 300 g/mol. The minimum absolute atomic E-state index is 0. The van der Waals surface area contributed by atoms with Crippen LogP contribution in [0.2, 0.25) is 0 Å². The van der Waals surface area contributed by atoms with Crippen molar-refractivity contribution in [1.29, 1.82) is 0 Å². The predicted octanol–water partition coefficient (Wildman–Crippen LogP) is 1.49. The number of nitrogens with zero attached hydrogens (tertiary/aromatic N) is 1. The van der Waals surface area contributed by atoms with Gasteiger partial charge in [0.15, 0.2) is 0 Å². The summed E-state index contributed by atoms with van der Waals surface area (Å²) in [4.78, 5) is 0.301. The number of rotatable bonds is 5. The Hall–Kier alpha value is -0.820. The van der Waals surface area contributed by atoms with Crippen molar-refractivity contribution < 1.29 is 13.2 Å². The summed E-state index contributed by atoms with van der Waals surface area (Å²) in [6.45, 7) is 3.48. The summed E-state index contributed by atoms with van der Waals surface area (Å²) in [6.07, 6.45) is 0.848.